The van der Waals surface area contributed by atoms with Crippen LogP contribution in [0.25, 0.3) is 5.69 Å². The van der Waals surface area contributed by atoms with Crippen LogP contribution in [0.1, 0.15) is 12.6 Å². The second-order valence-corrected chi connectivity index (χ2v) is 5.39. The second-order valence-electron chi connectivity index (χ2n) is 5.39. The summed E-state index contributed by atoms with van der Waals surface area (Å²) in [5.41, 5.74) is 7.99. The van der Waals surface area contributed by atoms with E-state index in [0.29, 0.717) is 19.1 Å². The molecule has 6 heteroatoms. The first-order valence-corrected chi connectivity index (χ1v) is 7.49. The fourth-order valence-corrected chi connectivity index (χ4v) is 2.46. The second kappa shape index (κ2) is 6.62. The standard InChI is InChI=1S/C16H21N5O/c1-13-12-20(9-10-22-13)16(17)18-11-14-7-8-21(19-14)15-5-3-2-4-6-15/h2-8,13H,9-12H2,1H3,(H2,17,18). The zero-order valence-electron chi connectivity index (χ0n) is 12.7. The largest absolute Gasteiger partial charge is 0.375 e. The molecule has 1 aliphatic heterocycles. The molecule has 1 aliphatic rings. The lowest BCUT2D eigenvalue weighted by atomic mass is 10.3. The number of aromatic nitrogens is 2. The summed E-state index contributed by atoms with van der Waals surface area (Å²) in [6, 6.07) is 12.0. The number of nitrogens with two attached hydrogens (primary N) is 1. The van der Waals surface area contributed by atoms with E-state index in [1.807, 2.05) is 54.2 Å². The quantitative estimate of drug-likeness (QED) is 0.687. The van der Waals surface area contributed by atoms with E-state index in [1.54, 1.807) is 0 Å². The van der Waals surface area contributed by atoms with Crippen LogP contribution in [0.5, 0.6) is 0 Å². The molecule has 2 aromatic rings. The molecule has 0 radical (unpaired) electrons. The predicted molar refractivity (Wildman–Crippen MR) is 85.9 cm³/mol. The Morgan fingerprint density at radius 1 is 1.36 bits per heavy atom. The minimum Gasteiger partial charge on any atom is -0.375 e. The first-order chi connectivity index (χ1) is 10.7. The molecule has 1 aromatic heterocycles. The number of ether oxygens (including phenoxy) is 1. The van der Waals surface area contributed by atoms with Gasteiger partial charge in [-0.1, -0.05) is 18.2 Å². The molecule has 1 aromatic carbocycles. The summed E-state index contributed by atoms with van der Waals surface area (Å²) < 4.78 is 7.35. The van der Waals surface area contributed by atoms with Gasteiger partial charge in [-0.3, -0.25) is 0 Å². The Balaban J connectivity index is 1.64. The topological polar surface area (TPSA) is 68.7 Å². The molecular weight excluding hydrogens is 278 g/mol. The average molecular weight is 299 g/mol. The lowest BCUT2D eigenvalue weighted by Crippen LogP contribution is -2.47. The van der Waals surface area contributed by atoms with Gasteiger partial charge in [-0.05, 0) is 25.1 Å². The molecule has 0 aliphatic carbocycles. The normalized spacial score (nSPS) is 19.4. The minimum absolute atomic E-state index is 0.194. The zero-order chi connectivity index (χ0) is 15.4. The summed E-state index contributed by atoms with van der Waals surface area (Å²) in [5.74, 6) is 0.560. The highest BCUT2D eigenvalue weighted by Crippen LogP contribution is 2.08. The molecule has 1 unspecified atom stereocenters. The van der Waals surface area contributed by atoms with Crippen molar-refractivity contribution < 1.29 is 4.74 Å². The van der Waals surface area contributed by atoms with Gasteiger partial charge in [0.25, 0.3) is 0 Å². The van der Waals surface area contributed by atoms with Crippen LogP contribution in [0.2, 0.25) is 0 Å². The molecule has 1 saturated heterocycles. The van der Waals surface area contributed by atoms with Crippen molar-refractivity contribution in [3.05, 3.63) is 48.3 Å². The van der Waals surface area contributed by atoms with Crippen LogP contribution in [0, 0.1) is 0 Å². The van der Waals surface area contributed by atoms with Crippen molar-refractivity contribution in [3.8, 4) is 5.69 Å². The number of hydrogen-bond donors (Lipinski definition) is 1. The van der Waals surface area contributed by atoms with Crippen LogP contribution in [-0.4, -0.2) is 46.4 Å². The molecule has 0 amide bonds. The van der Waals surface area contributed by atoms with E-state index < -0.39 is 0 Å². The maximum atomic E-state index is 6.06. The molecule has 1 fully saturated rings. The van der Waals surface area contributed by atoms with E-state index in [-0.39, 0.29) is 6.10 Å². The Morgan fingerprint density at radius 3 is 2.95 bits per heavy atom. The third-order valence-electron chi connectivity index (χ3n) is 3.63. The molecular formula is C16H21N5O. The van der Waals surface area contributed by atoms with Gasteiger partial charge in [0.2, 0.25) is 0 Å². The highest BCUT2D eigenvalue weighted by Gasteiger charge is 2.17. The van der Waals surface area contributed by atoms with Gasteiger partial charge in [-0.2, -0.15) is 5.10 Å². The molecule has 1 atom stereocenters. The summed E-state index contributed by atoms with van der Waals surface area (Å²) in [4.78, 5) is 6.51. The SMILES string of the molecule is CC1CN(C(N)=NCc2ccn(-c3ccccc3)n2)CCO1. The van der Waals surface area contributed by atoms with Gasteiger partial charge >= 0.3 is 0 Å². The maximum Gasteiger partial charge on any atom is 0.191 e. The number of nitrogens with zero attached hydrogens (tertiary/aromatic N) is 4. The summed E-state index contributed by atoms with van der Waals surface area (Å²) in [6.07, 6.45) is 2.13. The summed E-state index contributed by atoms with van der Waals surface area (Å²) in [5, 5.41) is 4.52. The molecule has 6 nitrogen and oxygen atoms in total. The highest BCUT2D eigenvalue weighted by molar-refractivity contribution is 5.78. The monoisotopic (exact) mass is 299 g/mol. The van der Waals surface area contributed by atoms with Gasteiger partial charge in [0, 0.05) is 19.3 Å². The molecule has 0 spiro atoms. The molecule has 2 N–H and O–H groups in total. The number of morpholine rings is 1. The lowest BCUT2D eigenvalue weighted by molar-refractivity contribution is 0.00528. The van der Waals surface area contributed by atoms with Crippen LogP contribution in [0.3, 0.4) is 0 Å². The van der Waals surface area contributed by atoms with E-state index in [4.69, 9.17) is 10.5 Å². The lowest BCUT2D eigenvalue weighted by Gasteiger charge is -2.31. The van der Waals surface area contributed by atoms with Gasteiger partial charge in [0.05, 0.1) is 30.6 Å². The first kappa shape index (κ1) is 14.6. The molecule has 116 valence electrons. The van der Waals surface area contributed by atoms with Crippen molar-refractivity contribution in [1.82, 2.24) is 14.7 Å². The van der Waals surface area contributed by atoms with Crippen molar-refractivity contribution in [2.45, 2.75) is 19.6 Å². The predicted octanol–water partition coefficient (Wildman–Crippen LogP) is 1.41. The minimum atomic E-state index is 0.194. The van der Waals surface area contributed by atoms with Crippen LogP contribution in [-0.2, 0) is 11.3 Å². The van der Waals surface area contributed by atoms with Crippen molar-refractivity contribution in [2.75, 3.05) is 19.7 Å². The fraction of sp³-hybridized carbons (Fsp3) is 0.375. The van der Waals surface area contributed by atoms with Crippen molar-refractivity contribution in [2.24, 2.45) is 10.7 Å². The Bertz CT molecular complexity index is 637. The van der Waals surface area contributed by atoms with Crippen molar-refractivity contribution in [3.63, 3.8) is 0 Å². The first-order valence-electron chi connectivity index (χ1n) is 7.49. The smallest absolute Gasteiger partial charge is 0.191 e. The Labute approximate surface area is 130 Å². The van der Waals surface area contributed by atoms with Crippen molar-refractivity contribution >= 4 is 5.96 Å². The number of para-hydroxylation sites is 1. The van der Waals surface area contributed by atoms with Gasteiger partial charge < -0.3 is 15.4 Å². The summed E-state index contributed by atoms with van der Waals surface area (Å²) in [7, 11) is 0. The van der Waals surface area contributed by atoms with E-state index >= 15 is 0 Å². The highest BCUT2D eigenvalue weighted by atomic mass is 16.5. The molecule has 3 rings (SSSR count). The van der Waals surface area contributed by atoms with Crippen LogP contribution < -0.4 is 5.73 Å². The number of aliphatic imine (C=N–C) groups is 1. The third kappa shape index (κ3) is 3.46. The zero-order valence-corrected chi connectivity index (χ0v) is 12.7. The maximum absolute atomic E-state index is 6.06. The molecule has 2 heterocycles. The van der Waals surface area contributed by atoms with Crippen molar-refractivity contribution in [1.29, 1.82) is 0 Å². The number of benzene rings is 1. The van der Waals surface area contributed by atoms with Crippen LogP contribution >= 0.6 is 0 Å². The van der Waals surface area contributed by atoms with E-state index in [2.05, 4.69) is 15.0 Å². The van der Waals surface area contributed by atoms with Gasteiger partial charge in [0.1, 0.15) is 0 Å². The Morgan fingerprint density at radius 2 is 2.18 bits per heavy atom. The van der Waals surface area contributed by atoms with Gasteiger partial charge in [-0.25, -0.2) is 9.67 Å². The molecule has 22 heavy (non-hydrogen) atoms. The van der Waals surface area contributed by atoms with E-state index in [1.165, 1.54) is 0 Å². The Kier molecular flexibility index (Phi) is 4.39. The average Bonchev–Trinajstić information content (AvgIpc) is 3.02. The number of guanidine groups is 1. The number of rotatable bonds is 3. The van der Waals surface area contributed by atoms with Crippen LogP contribution in [0.15, 0.2) is 47.6 Å². The summed E-state index contributed by atoms with van der Waals surface area (Å²) in [6.45, 7) is 4.80. The molecule has 0 saturated carbocycles. The fourth-order valence-electron chi connectivity index (χ4n) is 2.46. The Hall–Kier alpha value is -2.34. The van der Waals surface area contributed by atoms with Crippen LogP contribution in [0.4, 0.5) is 0 Å². The van der Waals surface area contributed by atoms with Gasteiger partial charge in [-0.15, -0.1) is 0 Å². The van der Waals surface area contributed by atoms with E-state index in [9.17, 15) is 0 Å². The van der Waals surface area contributed by atoms with Gasteiger partial charge in [0.15, 0.2) is 5.96 Å². The van der Waals surface area contributed by atoms with E-state index in [0.717, 1.165) is 24.5 Å². The summed E-state index contributed by atoms with van der Waals surface area (Å²) >= 11 is 0. The number of hydrogen-bond acceptors (Lipinski definition) is 3. The molecule has 0 bridgehead atoms. The third-order valence-corrected chi connectivity index (χ3v) is 3.63.